The molecule has 0 fully saturated rings. The predicted molar refractivity (Wildman–Crippen MR) is 113 cm³/mol. The first-order valence-electron chi connectivity index (χ1n) is 8.58. The van der Waals surface area contributed by atoms with Gasteiger partial charge < -0.3 is 4.74 Å². The molecule has 11 heteroatoms. The van der Waals surface area contributed by atoms with Crippen LogP contribution in [0.1, 0.15) is 6.92 Å². The van der Waals surface area contributed by atoms with E-state index in [1.165, 1.54) is 37.5 Å². The molecule has 0 aromatic heterocycles. The van der Waals surface area contributed by atoms with Crippen molar-refractivity contribution in [3.05, 3.63) is 76.9 Å². The SMILES string of the molecule is CC=CC=CC(=O)NNc1ccc(S(=O)(=O)Nc2ccccc2OC)cc1[N+](=O)[O-]. The van der Waals surface area contributed by atoms with E-state index in [1.807, 2.05) is 0 Å². The van der Waals surface area contributed by atoms with E-state index < -0.39 is 26.5 Å². The van der Waals surface area contributed by atoms with E-state index in [9.17, 15) is 23.3 Å². The Kier molecular flexibility index (Phi) is 7.53. The lowest BCUT2D eigenvalue weighted by atomic mass is 10.3. The summed E-state index contributed by atoms with van der Waals surface area (Å²) in [5, 5.41) is 11.4. The summed E-state index contributed by atoms with van der Waals surface area (Å²) < 4.78 is 32.8. The molecule has 0 radical (unpaired) electrons. The molecule has 2 rings (SSSR count). The lowest BCUT2D eigenvalue weighted by Gasteiger charge is -2.12. The number of carbonyl (C=O) groups is 1. The zero-order valence-corrected chi connectivity index (χ0v) is 17.0. The Labute approximate surface area is 173 Å². The quantitative estimate of drug-likeness (QED) is 0.239. The van der Waals surface area contributed by atoms with Crippen LogP contribution in [0.25, 0.3) is 0 Å². The van der Waals surface area contributed by atoms with E-state index in [-0.39, 0.29) is 16.3 Å². The second kappa shape index (κ2) is 10.1. The Balaban J connectivity index is 2.27. The van der Waals surface area contributed by atoms with Crippen LogP contribution in [0, 0.1) is 10.1 Å². The van der Waals surface area contributed by atoms with Crippen molar-refractivity contribution in [3.63, 3.8) is 0 Å². The van der Waals surface area contributed by atoms with Crippen LogP contribution in [-0.2, 0) is 14.8 Å². The smallest absolute Gasteiger partial charge is 0.295 e. The molecule has 30 heavy (non-hydrogen) atoms. The molecule has 0 saturated carbocycles. The van der Waals surface area contributed by atoms with Crippen molar-refractivity contribution in [3.8, 4) is 5.75 Å². The molecule has 2 aromatic carbocycles. The number of nitro groups is 1. The molecule has 0 heterocycles. The van der Waals surface area contributed by atoms with Crippen molar-refractivity contribution >= 4 is 33.0 Å². The van der Waals surface area contributed by atoms with E-state index in [0.29, 0.717) is 5.75 Å². The third-order valence-electron chi connectivity index (χ3n) is 3.70. The van der Waals surface area contributed by atoms with Crippen LogP contribution in [0.3, 0.4) is 0 Å². The van der Waals surface area contributed by atoms with E-state index in [4.69, 9.17) is 4.74 Å². The van der Waals surface area contributed by atoms with Crippen molar-refractivity contribution in [2.75, 3.05) is 17.3 Å². The summed E-state index contributed by atoms with van der Waals surface area (Å²) in [6.07, 6.45) is 6.07. The lowest BCUT2D eigenvalue weighted by Crippen LogP contribution is -2.28. The number of carbonyl (C=O) groups excluding carboxylic acids is 1. The minimum atomic E-state index is -4.13. The number of nitrogens with one attached hydrogen (secondary N) is 3. The highest BCUT2D eigenvalue weighted by atomic mass is 32.2. The standard InChI is InChI=1S/C19H20N4O6S/c1-3-4-5-10-19(24)21-20-15-12-11-14(13-17(15)23(25)26)30(27,28)22-16-8-6-7-9-18(16)29-2/h3-13,20,22H,1-2H3,(H,21,24). The van der Waals surface area contributed by atoms with Crippen molar-refractivity contribution in [1.82, 2.24) is 5.43 Å². The molecular formula is C19H20N4O6S. The number of benzene rings is 2. The van der Waals surface area contributed by atoms with E-state index >= 15 is 0 Å². The van der Waals surface area contributed by atoms with Gasteiger partial charge in [0.25, 0.3) is 21.6 Å². The summed E-state index contributed by atoms with van der Waals surface area (Å²) in [7, 11) is -2.74. The molecule has 1 amide bonds. The van der Waals surface area contributed by atoms with E-state index in [0.717, 1.165) is 6.07 Å². The second-order valence-electron chi connectivity index (χ2n) is 5.74. The van der Waals surface area contributed by atoms with Gasteiger partial charge in [-0.3, -0.25) is 30.5 Å². The van der Waals surface area contributed by atoms with Crippen LogP contribution in [0.4, 0.5) is 17.1 Å². The highest BCUT2D eigenvalue weighted by molar-refractivity contribution is 7.92. The maximum Gasteiger partial charge on any atom is 0.295 e. The molecule has 0 saturated heterocycles. The third-order valence-corrected chi connectivity index (χ3v) is 5.06. The third kappa shape index (κ3) is 5.82. The molecule has 158 valence electrons. The largest absolute Gasteiger partial charge is 0.495 e. The van der Waals surface area contributed by atoms with Gasteiger partial charge in [0, 0.05) is 12.1 Å². The fourth-order valence-corrected chi connectivity index (χ4v) is 3.38. The highest BCUT2D eigenvalue weighted by Crippen LogP contribution is 2.30. The van der Waals surface area contributed by atoms with Crippen LogP contribution in [-0.4, -0.2) is 26.4 Å². The molecule has 10 nitrogen and oxygen atoms in total. The predicted octanol–water partition coefficient (Wildman–Crippen LogP) is 2.98. The van der Waals surface area contributed by atoms with Crippen molar-refractivity contribution in [2.24, 2.45) is 0 Å². The molecule has 0 aliphatic heterocycles. The Morgan fingerprint density at radius 3 is 2.53 bits per heavy atom. The van der Waals surface area contributed by atoms with Crippen LogP contribution in [0.2, 0.25) is 0 Å². The average Bonchev–Trinajstić information content (AvgIpc) is 2.72. The molecule has 0 spiro atoms. The second-order valence-corrected chi connectivity index (χ2v) is 7.42. The molecule has 0 bridgehead atoms. The van der Waals surface area contributed by atoms with E-state index in [1.54, 1.807) is 37.3 Å². The monoisotopic (exact) mass is 432 g/mol. The van der Waals surface area contributed by atoms with Gasteiger partial charge in [-0.05, 0) is 31.2 Å². The Hall–Kier alpha value is -3.86. The fourth-order valence-electron chi connectivity index (χ4n) is 2.29. The van der Waals surface area contributed by atoms with Crippen LogP contribution in [0.5, 0.6) is 5.75 Å². The first-order chi connectivity index (χ1) is 14.3. The number of rotatable bonds is 9. The number of amides is 1. The number of sulfonamides is 1. The molecule has 0 atom stereocenters. The Morgan fingerprint density at radius 1 is 1.13 bits per heavy atom. The first kappa shape index (κ1) is 22.4. The fraction of sp³-hybridized carbons (Fsp3) is 0.105. The molecule has 0 aliphatic rings. The van der Waals surface area contributed by atoms with Gasteiger partial charge >= 0.3 is 0 Å². The number of nitro benzene ring substituents is 1. The summed E-state index contributed by atoms with van der Waals surface area (Å²) in [4.78, 5) is 22.0. The molecular weight excluding hydrogens is 412 g/mol. The molecule has 3 N–H and O–H groups in total. The molecule has 0 unspecified atom stereocenters. The average molecular weight is 432 g/mol. The van der Waals surface area contributed by atoms with Gasteiger partial charge in [-0.15, -0.1) is 0 Å². The van der Waals surface area contributed by atoms with Crippen molar-refractivity contribution in [2.45, 2.75) is 11.8 Å². The number of ether oxygens (including phenoxy) is 1. The maximum absolute atomic E-state index is 12.7. The summed E-state index contributed by atoms with van der Waals surface area (Å²) in [6, 6.07) is 9.60. The summed E-state index contributed by atoms with van der Waals surface area (Å²) >= 11 is 0. The molecule has 0 aliphatic carbocycles. The number of hydrazine groups is 1. The van der Waals surface area contributed by atoms with Crippen molar-refractivity contribution < 1.29 is 22.9 Å². The molecule has 2 aromatic rings. The summed E-state index contributed by atoms with van der Waals surface area (Å²) in [5.74, 6) is -0.250. The van der Waals surface area contributed by atoms with Crippen LogP contribution < -0.4 is 20.3 Å². The minimum Gasteiger partial charge on any atom is -0.495 e. The first-order valence-corrected chi connectivity index (χ1v) is 10.1. The topological polar surface area (TPSA) is 140 Å². The lowest BCUT2D eigenvalue weighted by molar-refractivity contribution is -0.384. The minimum absolute atomic E-state index is 0.0796. The zero-order chi connectivity index (χ0) is 22.1. The van der Waals surface area contributed by atoms with Crippen LogP contribution >= 0.6 is 0 Å². The van der Waals surface area contributed by atoms with Gasteiger partial charge in [-0.2, -0.15) is 0 Å². The number of methoxy groups -OCH3 is 1. The van der Waals surface area contributed by atoms with Crippen molar-refractivity contribution in [1.29, 1.82) is 0 Å². The van der Waals surface area contributed by atoms with Gasteiger partial charge in [-0.1, -0.05) is 30.4 Å². The van der Waals surface area contributed by atoms with Gasteiger partial charge in [0.1, 0.15) is 11.4 Å². The Bertz CT molecular complexity index is 1100. The number of para-hydroxylation sites is 2. The van der Waals surface area contributed by atoms with E-state index in [2.05, 4.69) is 15.6 Å². The number of allylic oxidation sites excluding steroid dienone is 3. The highest BCUT2D eigenvalue weighted by Gasteiger charge is 2.22. The van der Waals surface area contributed by atoms with Gasteiger partial charge in [0.15, 0.2) is 0 Å². The number of hydrogen-bond acceptors (Lipinski definition) is 7. The summed E-state index contributed by atoms with van der Waals surface area (Å²) in [6.45, 7) is 1.78. The summed E-state index contributed by atoms with van der Waals surface area (Å²) in [5.41, 5.74) is 4.26. The number of anilines is 2. The van der Waals surface area contributed by atoms with Crippen LogP contribution in [0.15, 0.2) is 71.7 Å². The normalized spacial score (nSPS) is 11.4. The van der Waals surface area contributed by atoms with Gasteiger partial charge in [-0.25, -0.2) is 8.42 Å². The number of hydrogen-bond donors (Lipinski definition) is 3. The zero-order valence-electron chi connectivity index (χ0n) is 16.2. The van der Waals surface area contributed by atoms with Gasteiger partial charge in [0.05, 0.1) is 22.6 Å². The van der Waals surface area contributed by atoms with Gasteiger partial charge in [0.2, 0.25) is 0 Å². The Morgan fingerprint density at radius 2 is 1.87 bits per heavy atom. The maximum atomic E-state index is 12.7. The number of nitrogens with zero attached hydrogens (tertiary/aromatic N) is 1.